The summed E-state index contributed by atoms with van der Waals surface area (Å²) in [7, 11) is 0. The van der Waals surface area contributed by atoms with E-state index in [0.717, 1.165) is 0 Å². The number of hydrogen-bond donors (Lipinski definition) is 3. The van der Waals surface area contributed by atoms with E-state index in [1.54, 1.807) is 0 Å². The lowest BCUT2D eigenvalue weighted by Gasteiger charge is -1.93. The van der Waals surface area contributed by atoms with Crippen molar-refractivity contribution >= 4 is 18.1 Å². The number of aromatic amines is 1. The molecule has 0 spiro atoms. The SMILES string of the molecule is Nc1[nH]ncc1C(=O)NC=O. The number of imide groups is 1. The lowest BCUT2D eigenvalue weighted by Crippen LogP contribution is -2.21. The molecule has 0 saturated heterocycles. The molecule has 0 aliphatic carbocycles. The van der Waals surface area contributed by atoms with Crippen LogP contribution in [0, 0.1) is 0 Å². The molecule has 1 aromatic rings. The number of carbonyl (C=O) groups is 2. The van der Waals surface area contributed by atoms with Gasteiger partial charge < -0.3 is 5.73 Å². The van der Waals surface area contributed by atoms with Crippen LogP contribution in [0.15, 0.2) is 6.20 Å². The molecule has 4 N–H and O–H groups in total. The van der Waals surface area contributed by atoms with Gasteiger partial charge in [0.2, 0.25) is 6.41 Å². The molecule has 0 radical (unpaired) electrons. The molecule has 0 atom stereocenters. The van der Waals surface area contributed by atoms with Crippen LogP contribution in [0.4, 0.5) is 5.82 Å². The minimum absolute atomic E-state index is 0.143. The van der Waals surface area contributed by atoms with E-state index in [1.165, 1.54) is 6.20 Å². The summed E-state index contributed by atoms with van der Waals surface area (Å²) in [6, 6.07) is 0. The van der Waals surface area contributed by atoms with Gasteiger partial charge in [-0.3, -0.25) is 20.0 Å². The highest BCUT2D eigenvalue weighted by atomic mass is 16.2. The molecule has 0 aliphatic rings. The van der Waals surface area contributed by atoms with Gasteiger partial charge in [-0.05, 0) is 0 Å². The third-order valence-electron chi connectivity index (χ3n) is 1.10. The summed E-state index contributed by atoms with van der Waals surface area (Å²) in [6.07, 6.45) is 1.53. The molecule has 0 unspecified atom stereocenters. The highest BCUT2D eigenvalue weighted by Crippen LogP contribution is 2.03. The van der Waals surface area contributed by atoms with Gasteiger partial charge in [0.25, 0.3) is 5.91 Å². The molecule has 1 heterocycles. The van der Waals surface area contributed by atoms with E-state index in [2.05, 4.69) is 10.2 Å². The minimum Gasteiger partial charge on any atom is -0.383 e. The van der Waals surface area contributed by atoms with E-state index >= 15 is 0 Å². The highest BCUT2D eigenvalue weighted by Gasteiger charge is 2.09. The predicted octanol–water partition coefficient (Wildman–Crippen LogP) is -1.12. The molecule has 0 aliphatic heterocycles. The van der Waals surface area contributed by atoms with Crippen LogP contribution in [0.2, 0.25) is 0 Å². The molecule has 0 aromatic carbocycles. The smallest absolute Gasteiger partial charge is 0.262 e. The third-order valence-corrected chi connectivity index (χ3v) is 1.10. The van der Waals surface area contributed by atoms with Gasteiger partial charge in [-0.2, -0.15) is 5.10 Å². The largest absolute Gasteiger partial charge is 0.383 e. The lowest BCUT2D eigenvalue weighted by atomic mass is 10.3. The molecule has 58 valence electrons. The number of amides is 2. The topological polar surface area (TPSA) is 101 Å². The molecule has 1 aromatic heterocycles. The minimum atomic E-state index is -0.564. The normalized spacial score (nSPS) is 9.09. The van der Waals surface area contributed by atoms with Gasteiger partial charge in [-0.15, -0.1) is 0 Å². The van der Waals surface area contributed by atoms with Gasteiger partial charge in [0.15, 0.2) is 0 Å². The first kappa shape index (κ1) is 7.26. The quantitative estimate of drug-likeness (QED) is 0.469. The monoisotopic (exact) mass is 154 g/mol. The first-order valence-electron chi connectivity index (χ1n) is 2.79. The number of aromatic nitrogens is 2. The average Bonchev–Trinajstić information content (AvgIpc) is 2.36. The van der Waals surface area contributed by atoms with E-state index in [1.807, 2.05) is 5.32 Å². The second-order valence-corrected chi connectivity index (χ2v) is 1.79. The van der Waals surface area contributed by atoms with E-state index in [-0.39, 0.29) is 17.8 Å². The zero-order valence-corrected chi connectivity index (χ0v) is 5.50. The van der Waals surface area contributed by atoms with Gasteiger partial charge in [0.1, 0.15) is 11.4 Å². The summed E-state index contributed by atoms with van der Waals surface area (Å²) in [5.41, 5.74) is 5.44. The van der Waals surface area contributed by atoms with Crippen molar-refractivity contribution in [1.82, 2.24) is 15.5 Å². The van der Waals surface area contributed by atoms with E-state index in [0.29, 0.717) is 0 Å². The Balaban J connectivity index is 2.83. The maximum atomic E-state index is 10.8. The van der Waals surface area contributed by atoms with Crippen LogP contribution >= 0.6 is 0 Å². The van der Waals surface area contributed by atoms with Crippen molar-refractivity contribution in [3.63, 3.8) is 0 Å². The fourth-order valence-electron chi connectivity index (χ4n) is 0.608. The number of H-pyrrole nitrogens is 1. The number of hydrogen-bond acceptors (Lipinski definition) is 4. The molecule has 0 saturated carbocycles. The van der Waals surface area contributed by atoms with Crippen molar-refractivity contribution in [1.29, 1.82) is 0 Å². The van der Waals surface area contributed by atoms with Crippen LogP contribution in [0.5, 0.6) is 0 Å². The average molecular weight is 154 g/mol. The van der Waals surface area contributed by atoms with Crippen molar-refractivity contribution < 1.29 is 9.59 Å². The van der Waals surface area contributed by atoms with Crippen molar-refractivity contribution in [2.24, 2.45) is 0 Å². The number of nitrogens with one attached hydrogen (secondary N) is 2. The number of rotatable bonds is 2. The van der Waals surface area contributed by atoms with Crippen LogP contribution in [0.1, 0.15) is 10.4 Å². The second kappa shape index (κ2) is 2.82. The summed E-state index contributed by atoms with van der Waals surface area (Å²) in [5.74, 6) is -0.421. The maximum absolute atomic E-state index is 10.8. The maximum Gasteiger partial charge on any atom is 0.262 e. The van der Waals surface area contributed by atoms with Gasteiger partial charge in [0.05, 0.1) is 6.20 Å². The van der Waals surface area contributed by atoms with Gasteiger partial charge in [-0.25, -0.2) is 0 Å². The van der Waals surface area contributed by atoms with Crippen molar-refractivity contribution in [3.8, 4) is 0 Å². The van der Waals surface area contributed by atoms with E-state index in [4.69, 9.17) is 5.73 Å². The van der Waals surface area contributed by atoms with Crippen LogP contribution in [-0.4, -0.2) is 22.5 Å². The Bertz CT molecular complexity index is 280. The van der Waals surface area contributed by atoms with Gasteiger partial charge in [-0.1, -0.05) is 0 Å². The summed E-state index contributed by atoms with van der Waals surface area (Å²) in [6.45, 7) is 0. The van der Waals surface area contributed by atoms with Crippen molar-refractivity contribution in [2.45, 2.75) is 0 Å². The Kier molecular flexibility index (Phi) is 1.86. The Morgan fingerprint density at radius 3 is 3.00 bits per heavy atom. The molecule has 0 fully saturated rings. The second-order valence-electron chi connectivity index (χ2n) is 1.79. The fraction of sp³-hybridized carbons (Fsp3) is 0. The Morgan fingerprint density at radius 1 is 1.82 bits per heavy atom. The molecular weight excluding hydrogens is 148 g/mol. The molecule has 1 rings (SSSR count). The van der Waals surface area contributed by atoms with Crippen LogP contribution in [0.3, 0.4) is 0 Å². The standard InChI is InChI=1S/C5H6N4O2/c6-4-3(1-8-9-4)5(11)7-2-10/h1-2H,(H3,6,8,9)(H,7,10,11). The molecule has 6 nitrogen and oxygen atoms in total. The summed E-state index contributed by atoms with van der Waals surface area (Å²) in [5, 5.41) is 7.79. The van der Waals surface area contributed by atoms with E-state index < -0.39 is 5.91 Å². The highest BCUT2D eigenvalue weighted by molar-refractivity contribution is 6.02. The Hall–Kier alpha value is -1.85. The van der Waals surface area contributed by atoms with Crippen molar-refractivity contribution in [3.05, 3.63) is 11.8 Å². The zero-order chi connectivity index (χ0) is 8.27. The number of anilines is 1. The summed E-state index contributed by atoms with van der Waals surface area (Å²) in [4.78, 5) is 20.7. The molecule has 2 amide bonds. The molecule has 0 bridgehead atoms. The van der Waals surface area contributed by atoms with Crippen LogP contribution in [0.25, 0.3) is 0 Å². The molecule has 11 heavy (non-hydrogen) atoms. The number of carbonyl (C=O) groups excluding carboxylic acids is 2. The van der Waals surface area contributed by atoms with Crippen LogP contribution < -0.4 is 11.1 Å². The third kappa shape index (κ3) is 1.34. The zero-order valence-electron chi connectivity index (χ0n) is 5.50. The summed E-state index contributed by atoms with van der Waals surface area (Å²) < 4.78 is 0. The molecular formula is C5H6N4O2. The van der Waals surface area contributed by atoms with E-state index in [9.17, 15) is 9.59 Å². The number of nitrogens with zero attached hydrogens (tertiary/aromatic N) is 1. The first-order valence-corrected chi connectivity index (χ1v) is 2.79. The van der Waals surface area contributed by atoms with Gasteiger partial charge in [0, 0.05) is 0 Å². The number of nitrogen functional groups attached to an aromatic ring is 1. The Labute approximate surface area is 61.8 Å². The van der Waals surface area contributed by atoms with Crippen LogP contribution in [-0.2, 0) is 4.79 Å². The van der Waals surface area contributed by atoms with Crippen molar-refractivity contribution in [2.75, 3.05) is 5.73 Å². The lowest BCUT2D eigenvalue weighted by molar-refractivity contribution is -0.108. The Morgan fingerprint density at radius 2 is 2.55 bits per heavy atom. The fourth-order valence-corrected chi connectivity index (χ4v) is 0.608. The first-order chi connectivity index (χ1) is 5.25. The molecule has 6 heteroatoms. The van der Waals surface area contributed by atoms with Gasteiger partial charge >= 0.3 is 0 Å². The summed E-state index contributed by atoms with van der Waals surface area (Å²) >= 11 is 0. The number of nitrogens with two attached hydrogens (primary N) is 1. The predicted molar refractivity (Wildman–Crippen MR) is 36.5 cm³/mol.